The standard InChI is InChI=1S/C14H16F6N2O3/c1-21-4-5-22-12(23)10-6-9(24-7-13(15,16)17)2-3-11(10)25-8-14(18,19)20/h2-3,6,21H,4-5,7-8H2,1H3,(H,22,23). The Hall–Kier alpha value is -2.17. The average molecular weight is 374 g/mol. The van der Waals surface area contributed by atoms with Crippen LogP contribution in [0.25, 0.3) is 0 Å². The third kappa shape index (κ3) is 8.47. The van der Waals surface area contributed by atoms with Gasteiger partial charge in [-0.3, -0.25) is 4.79 Å². The third-order valence-electron chi connectivity index (χ3n) is 2.65. The van der Waals surface area contributed by atoms with Crippen molar-refractivity contribution in [2.75, 3.05) is 33.4 Å². The molecule has 0 spiro atoms. The van der Waals surface area contributed by atoms with Gasteiger partial charge >= 0.3 is 12.4 Å². The number of amides is 1. The second kappa shape index (κ2) is 8.79. The fourth-order valence-electron chi connectivity index (χ4n) is 1.62. The van der Waals surface area contributed by atoms with Crippen molar-refractivity contribution in [1.29, 1.82) is 0 Å². The smallest absolute Gasteiger partial charge is 0.422 e. The minimum Gasteiger partial charge on any atom is -0.484 e. The molecule has 142 valence electrons. The molecule has 2 N–H and O–H groups in total. The summed E-state index contributed by atoms with van der Waals surface area (Å²) in [6, 6.07) is 2.83. The van der Waals surface area contributed by atoms with Crippen LogP contribution in [0.3, 0.4) is 0 Å². The maximum absolute atomic E-state index is 12.3. The SMILES string of the molecule is CNCCNC(=O)c1cc(OCC(F)(F)F)ccc1OCC(F)(F)F. The number of carbonyl (C=O) groups excluding carboxylic acids is 1. The van der Waals surface area contributed by atoms with E-state index in [0.29, 0.717) is 6.54 Å². The molecule has 25 heavy (non-hydrogen) atoms. The zero-order valence-corrected chi connectivity index (χ0v) is 13.1. The Labute approximate surface area is 139 Å². The zero-order valence-electron chi connectivity index (χ0n) is 13.1. The summed E-state index contributed by atoms with van der Waals surface area (Å²) in [7, 11) is 1.62. The van der Waals surface area contributed by atoms with Crippen LogP contribution >= 0.6 is 0 Å². The number of hydrogen-bond acceptors (Lipinski definition) is 4. The minimum absolute atomic E-state index is 0.154. The van der Waals surface area contributed by atoms with E-state index in [4.69, 9.17) is 0 Å². The van der Waals surface area contributed by atoms with Crippen LogP contribution in [0, 0.1) is 0 Å². The molecular formula is C14H16F6N2O3. The van der Waals surface area contributed by atoms with Crippen molar-refractivity contribution in [3.05, 3.63) is 23.8 Å². The number of alkyl halides is 6. The number of nitrogens with one attached hydrogen (secondary N) is 2. The van der Waals surface area contributed by atoms with Gasteiger partial charge in [0.2, 0.25) is 0 Å². The molecule has 0 bridgehead atoms. The van der Waals surface area contributed by atoms with E-state index < -0.39 is 37.2 Å². The molecular weight excluding hydrogens is 358 g/mol. The molecule has 1 aromatic rings. The third-order valence-corrected chi connectivity index (χ3v) is 2.65. The lowest BCUT2D eigenvalue weighted by Crippen LogP contribution is -2.31. The Bertz CT molecular complexity index is 575. The van der Waals surface area contributed by atoms with Gasteiger partial charge in [-0.1, -0.05) is 0 Å². The maximum atomic E-state index is 12.3. The van der Waals surface area contributed by atoms with Gasteiger partial charge in [0.25, 0.3) is 5.91 Å². The predicted molar refractivity (Wildman–Crippen MR) is 75.8 cm³/mol. The first-order chi connectivity index (χ1) is 11.5. The quantitative estimate of drug-likeness (QED) is 0.542. The van der Waals surface area contributed by atoms with E-state index in [-0.39, 0.29) is 17.9 Å². The van der Waals surface area contributed by atoms with Crippen LogP contribution in [-0.4, -0.2) is 51.6 Å². The summed E-state index contributed by atoms with van der Waals surface area (Å²) in [5.74, 6) is -1.54. The van der Waals surface area contributed by atoms with E-state index in [9.17, 15) is 31.1 Å². The fourth-order valence-corrected chi connectivity index (χ4v) is 1.62. The number of carbonyl (C=O) groups is 1. The van der Waals surface area contributed by atoms with Crippen LogP contribution in [0.5, 0.6) is 11.5 Å². The fraction of sp³-hybridized carbons (Fsp3) is 0.500. The van der Waals surface area contributed by atoms with E-state index in [1.807, 2.05) is 0 Å². The van der Waals surface area contributed by atoms with Gasteiger partial charge < -0.3 is 20.1 Å². The van der Waals surface area contributed by atoms with Crippen LogP contribution in [-0.2, 0) is 0 Å². The molecule has 0 fully saturated rings. The minimum atomic E-state index is -4.63. The van der Waals surface area contributed by atoms with Crippen molar-refractivity contribution in [3.8, 4) is 11.5 Å². The molecule has 0 aliphatic rings. The Morgan fingerprint density at radius 3 is 2.16 bits per heavy atom. The molecule has 0 unspecified atom stereocenters. The summed E-state index contributed by atoms with van der Waals surface area (Å²) in [6.45, 7) is -2.71. The molecule has 1 aromatic carbocycles. The molecule has 0 saturated carbocycles. The molecule has 0 atom stereocenters. The molecule has 1 amide bonds. The Kier molecular flexibility index (Phi) is 7.34. The summed E-state index contributed by atoms with van der Waals surface area (Å²) in [5, 5.41) is 5.13. The van der Waals surface area contributed by atoms with Crippen LogP contribution in [0.4, 0.5) is 26.3 Å². The first-order valence-electron chi connectivity index (χ1n) is 6.98. The highest BCUT2D eigenvalue weighted by Gasteiger charge is 2.30. The summed E-state index contributed by atoms with van der Waals surface area (Å²) >= 11 is 0. The topological polar surface area (TPSA) is 59.6 Å². The first kappa shape index (κ1) is 20.9. The van der Waals surface area contributed by atoms with Crippen molar-refractivity contribution >= 4 is 5.91 Å². The highest BCUT2D eigenvalue weighted by molar-refractivity contribution is 5.97. The molecule has 0 aromatic heterocycles. The molecule has 0 aliphatic carbocycles. The lowest BCUT2D eigenvalue weighted by molar-refractivity contribution is -0.154. The van der Waals surface area contributed by atoms with Gasteiger partial charge in [0.15, 0.2) is 13.2 Å². The summed E-state index contributed by atoms with van der Waals surface area (Å²) in [5.41, 5.74) is -0.361. The van der Waals surface area contributed by atoms with E-state index >= 15 is 0 Å². The molecule has 1 rings (SSSR count). The van der Waals surface area contributed by atoms with Gasteiger partial charge in [-0.15, -0.1) is 0 Å². The van der Waals surface area contributed by atoms with Gasteiger partial charge in [0, 0.05) is 13.1 Å². The predicted octanol–water partition coefficient (Wildman–Crippen LogP) is 2.52. The van der Waals surface area contributed by atoms with E-state index in [2.05, 4.69) is 20.1 Å². The van der Waals surface area contributed by atoms with Crippen LogP contribution in [0.2, 0.25) is 0 Å². The van der Waals surface area contributed by atoms with Crippen molar-refractivity contribution in [1.82, 2.24) is 10.6 Å². The normalized spacial score (nSPS) is 12.0. The Morgan fingerprint density at radius 2 is 1.60 bits per heavy atom. The van der Waals surface area contributed by atoms with Gasteiger partial charge in [0.1, 0.15) is 11.5 Å². The summed E-state index contributed by atoms with van der Waals surface area (Å²) in [6.07, 6.45) is -9.23. The largest absolute Gasteiger partial charge is 0.484 e. The second-order valence-electron chi connectivity index (χ2n) is 4.83. The lowest BCUT2D eigenvalue weighted by atomic mass is 10.1. The number of likely N-dealkylation sites (N-methyl/N-ethyl adjacent to an activating group) is 1. The second-order valence-corrected chi connectivity index (χ2v) is 4.83. The maximum Gasteiger partial charge on any atom is 0.422 e. The Morgan fingerprint density at radius 1 is 1.00 bits per heavy atom. The zero-order chi connectivity index (χ0) is 19.1. The molecule has 0 aliphatic heterocycles. The van der Waals surface area contributed by atoms with Crippen molar-refractivity contribution in [2.45, 2.75) is 12.4 Å². The van der Waals surface area contributed by atoms with Crippen molar-refractivity contribution in [2.24, 2.45) is 0 Å². The molecule has 5 nitrogen and oxygen atoms in total. The van der Waals surface area contributed by atoms with Gasteiger partial charge in [-0.25, -0.2) is 0 Å². The van der Waals surface area contributed by atoms with Gasteiger partial charge in [-0.2, -0.15) is 26.3 Å². The average Bonchev–Trinajstić information content (AvgIpc) is 2.50. The number of benzene rings is 1. The monoisotopic (exact) mass is 374 g/mol. The highest BCUT2D eigenvalue weighted by Crippen LogP contribution is 2.27. The molecule has 0 saturated heterocycles. The number of halogens is 6. The van der Waals surface area contributed by atoms with Crippen LogP contribution in [0.1, 0.15) is 10.4 Å². The molecule has 0 heterocycles. The van der Waals surface area contributed by atoms with E-state index in [1.165, 1.54) is 0 Å². The number of ether oxygens (including phenoxy) is 2. The van der Waals surface area contributed by atoms with Crippen molar-refractivity contribution in [3.63, 3.8) is 0 Å². The van der Waals surface area contributed by atoms with E-state index in [0.717, 1.165) is 18.2 Å². The summed E-state index contributed by atoms with van der Waals surface area (Å²) < 4.78 is 82.4. The number of hydrogen-bond donors (Lipinski definition) is 2. The Balaban J connectivity index is 2.95. The van der Waals surface area contributed by atoms with Gasteiger partial charge in [-0.05, 0) is 25.2 Å². The molecule has 11 heteroatoms. The highest BCUT2D eigenvalue weighted by atomic mass is 19.4. The molecule has 0 radical (unpaired) electrons. The van der Waals surface area contributed by atoms with E-state index in [1.54, 1.807) is 7.05 Å². The van der Waals surface area contributed by atoms with Crippen molar-refractivity contribution < 1.29 is 40.6 Å². The van der Waals surface area contributed by atoms with Gasteiger partial charge in [0.05, 0.1) is 5.56 Å². The van der Waals surface area contributed by atoms with Crippen LogP contribution < -0.4 is 20.1 Å². The summed E-state index contributed by atoms with van der Waals surface area (Å²) in [4.78, 5) is 12.0. The van der Waals surface area contributed by atoms with Crippen LogP contribution in [0.15, 0.2) is 18.2 Å². The number of rotatable bonds is 8. The lowest BCUT2D eigenvalue weighted by Gasteiger charge is -2.15. The first-order valence-corrected chi connectivity index (χ1v) is 6.98.